The van der Waals surface area contributed by atoms with Gasteiger partial charge < -0.3 is 9.53 Å². The van der Waals surface area contributed by atoms with Crippen LogP contribution in [-0.2, 0) is 16.1 Å². The zero-order valence-corrected chi connectivity index (χ0v) is 9.32. The lowest BCUT2D eigenvalue weighted by Gasteiger charge is -2.04. The van der Waals surface area contributed by atoms with Crippen LogP contribution in [0, 0.1) is 0 Å². The molecule has 0 amide bonds. The Morgan fingerprint density at radius 3 is 2.73 bits per heavy atom. The monoisotopic (exact) mass is 226 g/mol. The van der Waals surface area contributed by atoms with Crippen molar-refractivity contribution in [2.75, 3.05) is 6.61 Å². The number of hydrogen-bond acceptors (Lipinski definition) is 2. The molecule has 0 fully saturated rings. The van der Waals surface area contributed by atoms with Crippen molar-refractivity contribution < 1.29 is 9.53 Å². The van der Waals surface area contributed by atoms with E-state index in [1.54, 1.807) is 0 Å². The summed E-state index contributed by atoms with van der Waals surface area (Å²) in [4.78, 5) is 10.2. The van der Waals surface area contributed by atoms with E-state index >= 15 is 0 Å². The topological polar surface area (TPSA) is 26.3 Å². The zero-order chi connectivity index (χ0) is 10.9. The molecule has 3 heteroatoms. The second kappa shape index (κ2) is 7.43. The molecule has 0 aliphatic heterocycles. The van der Waals surface area contributed by atoms with Crippen LogP contribution in [0.4, 0.5) is 0 Å². The second-order valence-corrected chi connectivity index (χ2v) is 3.89. The molecule has 0 aliphatic rings. The third-order valence-electron chi connectivity index (χ3n) is 2.03. The summed E-state index contributed by atoms with van der Waals surface area (Å²) in [6.45, 7) is 1.26. The largest absolute Gasteiger partial charge is 0.377 e. The van der Waals surface area contributed by atoms with E-state index in [9.17, 15) is 4.79 Å². The molecular formula is C12H15ClO2. The predicted octanol–water partition coefficient (Wildman–Crippen LogP) is 2.79. The van der Waals surface area contributed by atoms with E-state index in [4.69, 9.17) is 16.3 Å². The SMILES string of the molecule is O=C[C@H](Cl)CCCOCc1ccccc1. The molecule has 0 unspecified atom stereocenters. The highest BCUT2D eigenvalue weighted by molar-refractivity contribution is 6.27. The quantitative estimate of drug-likeness (QED) is 0.406. The van der Waals surface area contributed by atoms with E-state index in [1.165, 1.54) is 0 Å². The lowest BCUT2D eigenvalue weighted by Crippen LogP contribution is -2.02. The van der Waals surface area contributed by atoms with Gasteiger partial charge in [-0.15, -0.1) is 11.6 Å². The number of hydrogen-bond donors (Lipinski definition) is 0. The summed E-state index contributed by atoms with van der Waals surface area (Å²) < 4.78 is 5.44. The minimum absolute atomic E-state index is 0.370. The maximum Gasteiger partial charge on any atom is 0.137 e. The Balaban J connectivity index is 2.05. The second-order valence-electron chi connectivity index (χ2n) is 3.33. The summed E-state index contributed by atoms with van der Waals surface area (Å²) >= 11 is 5.64. The van der Waals surface area contributed by atoms with Gasteiger partial charge in [-0.2, -0.15) is 0 Å². The average Bonchev–Trinajstić information content (AvgIpc) is 2.29. The average molecular weight is 227 g/mol. The van der Waals surface area contributed by atoms with Crippen molar-refractivity contribution in [2.45, 2.75) is 24.8 Å². The number of benzene rings is 1. The minimum atomic E-state index is -0.370. The first-order chi connectivity index (χ1) is 7.33. The molecule has 0 saturated carbocycles. The molecule has 0 heterocycles. The van der Waals surface area contributed by atoms with Crippen LogP contribution in [0.25, 0.3) is 0 Å². The molecule has 0 aromatic heterocycles. The summed E-state index contributed by atoms with van der Waals surface area (Å²) in [7, 11) is 0. The van der Waals surface area contributed by atoms with Gasteiger partial charge in [0.15, 0.2) is 0 Å². The van der Waals surface area contributed by atoms with Crippen LogP contribution in [-0.4, -0.2) is 18.3 Å². The highest BCUT2D eigenvalue weighted by atomic mass is 35.5. The third-order valence-corrected chi connectivity index (χ3v) is 2.35. The molecule has 1 aromatic rings. The van der Waals surface area contributed by atoms with Crippen molar-refractivity contribution >= 4 is 17.9 Å². The van der Waals surface area contributed by atoms with Gasteiger partial charge in [0, 0.05) is 6.61 Å². The molecule has 0 spiro atoms. The van der Waals surface area contributed by atoms with Gasteiger partial charge in [-0.25, -0.2) is 0 Å². The van der Waals surface area contributed by atoms with Crippen LogP contribution >= 0.6 is 11.6 Å². The van der Waals surface area contributed by atoms with Crippen LogP contribution < -0.4 is 0 Å². The normalized spacial score (nSPS) is 12.3. The molecule has 0 saturated heterocycles. The van der Waals surface area contributed by atoms with E-state index in [1.807, 2.05) is 30.3 Å². The zero-order valence-electron chi connectivity index (χ0n) is 8.56. The van der Waals surface area contributed by atoms with E-state index in [2.05, 4.69) is 0 Å². The van der Waals surface area contributed by atoms with Crippen molar-refractivity contribution in [3.8, 4) is 0 Å². The number of rotatable bonds is 7. The van der Waals surface area contributed by atoms with Gasteiger partial charge in [-0.1, -0.05) is 30.3 Å². The Bertz CT molecular complexity index is 274. The van der Waals surface area contributed by atoms with Gasteiger partial charge in [-0.3, -0.25) is 0 Å². The number of halogens is 1. The molecule has 1 aromatic carbocycles. The van der Waals surface area contributed by atoms with Crippen LogP contribution in [0.15, 0.2) is 30.3 Å². The van der Waals surface area contributed by atoms with Crippen LogP contribution in [0.2, 0.25) is 0 Å². The highest BCUT2D eigenvalue weighted by Crippen LogP contribution is 2.04. The maximum absolute atomic E-state index is 10.2. The summed E-state index contributed by atoms with van der Waals surface area (Å²) in [5.74, 6) is 0. The summed E-state index contributed by atoms with van der Waals surface area (Å²) in [5, 5.41) is -0.370. The maximum atomic E-state index is 10.2. The summed E-state index contributed by atoms with van der Waals surface area (Å²) in [6, 6.07) is 10.00. The van der Waals surface area contributed by atoms with Crippen molar-refractivity contribution in [3.63, 3.8) is 0 Å². The first kappa shape index (κ1) is 12.2. The van der Waals surface area contributed by atoms with Crippen LogP contribution in [0.1, 0.15) is 18.4 Å². The molecule has 82 valence electrons. The summed E-state index contributed by atoms with van der Waals surface area (Å²) in [5.41, 5.74) is 1.16. The number of ether oxygens (including phenoxy) is 1. The first-order valence-corrected chi connectivity index (χ1v) is 5.47. The summed E-state index contributed by atoms with van der Waals surface area (Å²) in [6.07, 6.45) is 2.26. The number of alkyl halides is 1. The van der Waals surface area contributed by atoms with Crippen molar-refractivity contribution in [1.29, 1.82) is 0 Å². The molecule has 0 N–H and O–H groups in total. The fourth-order valence-corrected chi connectivity index (χ4v) is 1.37. The van der Waals surface area contributed by atoms with E-state index < -0.39 is 0 Å². The third kappa shape index (κ3) is 5.55. The Morgan fingerprint density at radius 1 is 1.33 bits per heavy atom. The smallest absolute Gasteiger partial charge is 0.137 e. The lowest BCUT2D eigenvalue weighted by atomic mass is 10.2. The first-order valence-electron chi connectivity index (χ1n) is 5.04. The Morgan fingerprint density at radius 2 is 2.07 bits per heavy atom. The van der Waals surface area contributed by atoms with Gasteiger partial charge in [0.2, 0.25) is 0 Å². The molecular weight excluding hydrogens is 212 g/mol. The Kier molecular flexibility index (Phi) is 6.05. The van der Waals surface area contributed by atoms with Gasteiger partial charge in [-0.05, 0) is 18.4 Å². The molecule has 0 aliphatic carbocycles. The van der Waals surface area contributed by atoms with Gasteiger partial charge in [0.1, 0.15) is 6.29 Å². The van der Waals surface area contributed by atoms with Gasteiger partial charge in [0.25, 0.3) is 0 Å². The molecule has 1 atom stereocenters. The lowest BCUT2D eigenvalue weighted by molar-refractivity contribution is -0.107. The molecule has 2 nitrogen and oxygen atoms in total. The Hall–Kier alpha value is -0.860. The number of aldehydes is 1. The van der Waals surface area contributed by atoms with Crippen LogP contribution in [0.3, 0.4) is 0 Å². The van der Waals surface area contributed by atoms with E-state index in [0.717, 1.165) is 18.3 Å². The standard InChI is InChI=1S/C12H15ClO2/c13-12(9-14)7-4-8-15-10-11-5-2-1-3-6-11/h1-3,5-6,9,12H,4,7-8,10H2/t12-/m1/s1. The van der Waals surface area contributed by atoms with E-state index in [0.29, 0.717) is 19.6 Å². The molecule has 0 bridgehead atoms. The van der Waals surface area contributed by atoms with E-state index in [-0.39, 0.29) is 5.38 Å². The van der Waals surface area contributed by atoms with Crippen molar-refractivity contribution in [1.82, 2.24) is 0 Å². The number of carbonyl (C=O) groups excluding carboxylic acids is 1. The fourth-order valence-electron chi connectivity index (χ4n) is 1.21. The predicted molar refractivity (Wildman–Crippen MR) is 61.0 cm³/mol. The molecule has 1 rings (SSSR count). The Labute approximate surface area is 95.2 Å². The van der Waals surface area contributed by atoms with Crippen molar-refractivity contribution in [2.24, 2.45) is 0 Å². The van der Waals surface area contributed by atoms with Gasteiger partial charge in [0.05, 0.1) is 12.0 Å². The van der Waals surface area contributed by atoms with Gasteiger partial charge >= 0.3 is 0 Å². The molecule has 0 radical (unpaired) electrons. The van der Waals surface area contributed by atoms with Crippen molar-refractivity contribution in [3.05, 3.63) is 35.9 Å². The minimum Gasteiger partial charge on any atom is -0.377 e. The number of carbonyl (C=O) groups is 1. The highest BCUT2D eigenvalue weighted by Gasteiger charge is 2.00. The fraction of sp³-hybridized carbons (Fsp3) is 0.417. The van der Waals surface area contributed by atoms with Crippen LogP contribution in [0.5, 0.6) is 0 Å². The molecule has 15 heavy (non-hydrogen) atoms.